The Balaban J connectivity index is 1.99. The van der Waals surface area contributed by atoms with E-state index in [4.69, 9.17) is 5.73 Å². The number of fused-ring (bicyclic) bond motifs is 1. The number of para-hydroxylation sites is 1. The zero-order valence-electron chi connectivity index (χ0n) is 12.0. The van der Waals surface area contributed by atoms with Crippen LogP contribution in [0.15, 0.2) is 30.6 Å². The number of nitrogens with zero attached hydrogens (tertiary/aromatic N) is 3. The van der Waals surface area contributed by atoms with Crippen LogP contribution in [0, 0.1) is 0 Å². The third-order valence-corrected chi connectivity index (χ3v) is 4.14. The number of hydrogen-bond acceptors (Lipinski definition) is 4. The lowest BCUT2D eigenvalue weighted by atomic mass is 10.1. The van der Waals surface area contributed by atoms with E-state index in [0.717, 1.165) is 37.7 Å². The number of carbonyl (C=O) groups is 1. The molecule has 1 fully saturated rings. The van der Waals surface area contributed by atoms with E-state index < -0.39 is 0 Å². The molecule has 5 heteroatoms. The van der Waals surface area contributed by atoms with Crippen LogP contribution >= 0.6 is 0 Å². The van der Waals surface area contributed by atoms with Crippen molar-refractivity contribution in [3.8, 4) is 0 Å². The van der Waals surface area contributed by atoms with Gasteiger partial charge in [-0.05, 0) is 25.0 Å². The number of rotatable bonds is 2. The van der Waals surface area contributed by atoms with Gasteiger partial charge in [0, 0.05) is 31.5 Å². The molecule has 2 aromatic rings. The molecule has 5 nitrogen and oxygen atoms in total. The summed E-state index contributed by atoms with van der Waals surface area (Å²) in [6.45, 7) is 1.29. The number of amides is 1. The van der Waals surface area contributed by atoms with Gasteiger partial charge in [-0.15, -0.1) is 0 Å². The third kappa shape index (κ3) is 2.74. The minimum atomic E-state index is 0.0263. The summed E-state index contributed by atoms with van der Waals surface area (Å²) in [5.41, 5.74) is 7.92. The molecule has 1 amide bonds. The molecule has 2 heterocycles. The Bertz CT molecular complexity index is 638. The Kier molecular flexibility index (Phi) is 4.10. The summed E-state index contributed by atoms with van der Waals surface area (Å²) >= 11 is 0. The van der Waals surface area contributed by atoms with Crippen LogP contribution in [-0.4, -0.2) is 39.9 Å². The van der Waals surface area contributed by atoms with E-state index in [9.17, 15) is 4.79 Å². The van der Waals surface area contributed by atoms with Crippen LogP contribution in [0.4, 0.5) is 0 Å². The Morgan fingerprint density at radius 3 is 2.95 bits per heavy atom. The van der Waals surface area contributed by atoms with Crippen molar-refractivity contribution < 1.29 is 4.79 Å². The van der Waals surface area contributed by atoms with Crippen LogP contribution in [-0.2, 0) is 0 Å². The molecule has 1 aliphatic rings. The van der Waals surface area contributed by atoms with Gasteiger partial charge in [-0.1, -0.05) is 18.9 Å². The lowest BCUT2D eigenvalue weighted by Crippen LogP contribution is -2.44. The zero-order valence-corrected chi connectivity index (χ0v) is 12.0. The first kappa shape index (κ1) is 13.9. The maximum absolute atomic E-state index is 12.9. The van der Waals surface area contributed by atoms with Crippen molar-refractivity contribution in [1.29, 1.82) is 0 Å². The molecule has 2 N–H and O–H groups in total. The van der Waals surface area contributed by atoms with Crippen LogP contribution in [0.5, 0.6) is 0 Å². The molecule has 1 aromatic carbocycles. The summed E-state index contributed by atoms with van der Waals surface area (Å²) in [4.78, 5) is 23.5. The van der Waals surface area contributed by atoms with Crippen molar-refractivity contribution in [1.82, 2.24) is 14.9 Å². The van der Waals surface area contributed by atoms with E-state index in [-0.39, 0.29) is 11.9 Å². The maximum atomic E-state index is 12.9. The van der Waals surface area contributed by atoms with Gasteiger partial charge < -0.3 is 10.6 Å². The van der Waals surface area contributed by atoms with E-state index in [2.05, 4.69) is 9.97 Å². The number of benzene rings is 1. The van der Waals surface area contributed by atoms with Gasteiger partial charge in [0.2, 0.25) is 0 Å². The van der Waals surface area contributed by atoms with Gasteiger partial charge in [0.15, 0.2) is 0 Å². The number of aromatic nitrogens is 2. The van der Waals surface area contributed by atoms with Gasteiger partial charge in [0.25, 0.3) is 5.91 Å². The zero-order chi connectivity index (χ0) is 14.7. The van der Waals surface area contributed by atoms with E-state index in [1.165, 1.54) is 0 Å². The number of nitrogens with two attached hydrogens (primary N) is 1. The van der Waals surface area contributed by atoms with Crippen LogP contribution in [0.2, 0.25) is 0 Å². The minimum absolute atomic E-state index is 0.0263. The summed E-state index contributed by atoms with van der Waals surface area (Å²) in [7, 11) is 0. The summed E-state index contributed by atoms with van der Waals surface area (Å²) in [5, 5.41) is 0. The minimum Gasteiger partial charge on any atom is -0.334 e. The highest BCUT2D eigenvalue weighted by molar-refractivity contribution is 6.04. The molecule has 1 unspecified atom stereocenters. The molecule has 1 aliphatic heterocycles. The molecular formula is C16H20N4O. The van der Waals surface area contributed by atoms with Gasteiger partial charge in [-0.2, -0.15) is 0 Å². The first-order valence-corrected chi connectivity index (χ1v) is 7.52. The van der Waals surface area contributed by atoms with Crippen molar-refractivity contribution in [2.45, 2.75) is 31.7 Å². The van der Waals surface area contributed by atoms with Crippen molar-refractivity contribution in [2.24, 2.45) is 5.73 Å². The summed E-state index contributed by atoms with van der Waals surface area (Å²) < 4.78 is 0. The highest BCUT2D eigenvalue weighted by Gasteiger charge is 2.26. The molecular weight excluding hydrogens is 264 g/mol. The second kappa shape index (κ2) is 6.18. The monoisotopic (exact) mass is 284 g/mol. The highest BCUT2D eigenvalue weighted by atomic mass is 16.2. The van der Waals surface area contributed by atoms with Crippen LogP contribution in [0.1, 0.15) is 36.0 Å². The van der Waals surface area contributed by atoms with Crippen molar-refractivity contribution in [3.63, 3.8) is 0 Å². The molecule has 110 valence electrons. The fraction of sp³-hybridized carbons (Fsp3) is 0.438. The largest absolute Gasteiger partial charge is 0.334 e. The van der Waals surface area contributed by atoms with Gasteiger partial charge in [0.1, 0.15) is 5.52 Å². The first-order chi connectivity index (χ1) is 10.3. The molecule has 1 aromatic heterocycles. The van der Waals surface area contributed by atoms with Gasteiger partial charge in [-0.25, -0.2) is 0 Å². The highest BCUT2D eigenvalue weighted by Crippen LogP contribution is 2.21. The second-order valence-corrected chi connectivity index (χ2v) is 5.47. The second-order valence-electron chi connectivity index (χ2n) is 5.47. The van der Waals surface area contributed by atoms with Crippen molar-refractivity contribution in [3.05, 3.63) is 36.2 Å². The fourth-order valence-corrected chi connectivity index (χ4v) is 3.01. The van der Waals surface area contributed by atoms with Crippen LogP contribution < -0.4 is 5.73 Å². The molecule has 0 aliphatic carbocycles. The van der Waals surface area contributed by atoms with Gasteiger partial charge in [0.05, 0.1) is 11.1 Å². The number of hydrogen-bond donors (Lipinski definition) is 1. The summed E-state index contributed by atoms with van der Waals surface area (Å²) in [6, 6.07) is 5.70. The molecule has 0 bridgehead atoms. The standard InChI is InChI=1S/C16H20N4O/c17-11-12-5-2-1-3-10-20(12)16(21)13-6-4-7-14-15(13)19-9-8-18-14/h4,6-9,12H,1-3,5,10-11,17H2. The summed E-state index contributed by atoms with van der Waals surface area (Å²) in [5.74, 6) is 0.0263. The normalized spacial score (nSPS) is 19.5. The van der Waals surface area contributed by atoms with Gasteiger partial charge in [-0.3, -0.25) is 14.8 Å². The van der Waals surface area contributed by atoms with Gasteiger partial charge >= 0.3 is 0 Å². The smallest absolute Gasteiger partial charge is 0.256 e. The fourth-order valence-electron chi connectivity index (χ4n) is 3.01. The van der Waals surface area contributed by atoms with Crippen molar-refractivity contribution >= 4 is 16.9 Å². The quantitative estimate of drug-likeness (QED) is 0.915. The Morgan fingerprint density at radius 1 is 1.24 bits per heavy atom. The summed E-state index contributed by atoms with van der Waals surface area (Å²) in [6.07, 6.45) is 7.60. The maximum Gasteiger partial charge on any atom is 0.256 e. The van der Waals surface area contributed by atoms with Crippen LogP contribution in [0.25, 0.3) is 11.0 Å². The lowest BCUT2D eigenvalue weighted by molar-refractivity contribution is 0.0691. The molecule has 0 saturated carbocycles. The van der Waals surface area contributed by atoms with E-state index >= 15 is 0 Å². The Labute approximate surface area is 124 Å². The number of likely N-dealkylation sites (tertiary alicyclic amines) is 1. The predicted molar refractivity (Wildman–Crippen MR) is 81.9 cm³/mol. The van der Waals surface area contributed by atoms with E-state index in [1.807, 2.05) is 23.1 Å². The molecule has 1 atom stereocenters. The van der Waals surface area contributed by atoms with E-state index in [0.29, 0.717) is 17.6 Å². The molecule has 21 heavy (non-hydrogen) atoms. The Morgan fingerprint density at radius 2 is 2.10 bits per heavy atom. The topological polar surface area (TPSA) is 72.1 Å². The number of carbonyl (C=O) groups excluding carboxylic acids is 1. The lowest BCUT2D eigenvalue weighted by Gasteiger charge is -2.29. The average molecular weight is 284 g/mol. The predicted octanol–water partition coefficient (Wildman–Crippen LogP) is 1.97. The Hall–Kier alpha value is -2.01. The SMILES string of the molecule is NCC1CCCCCN1C(=O)c1cccc2nccnc12. The van der Waals surface area contributed by atoms with Crippen molar-refractivity contribution in [2.75, 3.05) is 13.1 Å². The van der Waals surface area contributed by atoms with E-state index in [1.54, 1.807) is 12.4 Å². The first-order valence-electron chi connectivity index (χ1n) is 7.52. The average Bonchev–Trinajstić information content (AvgIpc) is 2.79. The molecule has 0 radical (unpaired) electrons. The van der Waals surface area contributed by atoms with Crippen LogP contribution in [0.3, 0.4) is 0 Å². The molecule has 1 saturated heterocycles. The molecule has 3 rings (SSSR count). The third-order valence-electron chi connectivity index (χ3n) is 4.14. The molecule has 0 spiro atoms.